The fourth-order valence-electron chi connectivity index (χ4n) is 2.94. The number of hydrogen-bond donors (Lipinski definition) is 1. The highest BCUT2D eigenvalue weighted by atomic mass is 15.2. The third-order valence-corrected chi connectivity index (χ3v) is 4.67. The van der Waals surface area contributed by atoms with Crippen LogP contribution in [-0.2, 0) is 0 Å². The van der Waals surface area contributed by atoms with Gasteiger partial charge in [-0.1, -0.05) is 20.8 Å². The summed E-state index contributed by atoms with van der Waals surface area (Å²) in [5, 5.41) is 3.18. The van der Waals surface area contributed by atoms with Crippen molar-refractivity contribution >= 4 is 11.6 Å². The van der Waals surface area contributed by atoms with Crippen LogP contribution in [-0.4, -0.2) is 30.1 Å². The summed E-state index contributed by atoms with van der Waals surface area (Å²) in [6.45, 7) is 9.27. The number of nitrogens with zero attached hydrogens (tertiary/aromatic N) is 3. The zero-order valence-electron chi connectivity index (χ0n) is 13.1. The van der Waals surface area contributed by atoms with Crippen molar-refractivity contribution in [3.05, 3.63) is 11.9 Å². The van der Waals surface area contributed by atoms with Gasteiger partial charge in [-0.3, -0.25) is 0 Å². The van der Waals surface area contributed by atoms with Crippen molar-refractivity contribution in [1.82, 2.24) is 9.97 Å². The predicted octanol–water partition coefficient (Wildman–Crippen LogP) is 3.27. The summed E-state index contributed by atoms with van der Waals surface area (Å²) < 4.78 is 0. The van der Waals surface area contributed by atoms with Gasteiger partial charge in [0.25, 0.3) is 0 Å². The molecule has 1 unspecified atom stereocenters. The fraction of sp³-hybridized carbons (Fsp3) is 0.750. The van der Waals surface area contributed by atoms with Crippen molar-refractivity contribution in [2.75, 3.05) is 30.4 Å². The molecular formula is C16H26N4. The predicted molar refractivity (Wildman–Crippen MR) is 83.3 cm³/mol. The van der Waals surface area contributed by atoms with E-state index in [0.29, 0.717) is 11.3 Å². The molecule has 1 aromatic heterocycles. The summed E-state index contributed by atoms with van der Waals surface area (Å²) >= 11 is 0. The van der Waals surface area contributed by atoms with E-state index < -0.39 is 0 Å². The quantitative estimate of drug-likeness (QED) is 0.918. The van der Waals surface area contributed by atoms with E-state index in [2.05, 4.69) is 42.0 Å². The van der Waals surface area contributed by atoms with Gasteiger partial charge in [-0.25, -0.2) is 9.97 Å². The van der Waals surface area contributed by atoms with Crippen LogP contribution in [0.5, 0.6) is 0 Å². The lowest BCUT2D eigenvalue weighted by Crippen LogP contribution is -2.26. The van der Waals surface area contributed by atoms with Gasteiger partial charge in [0.1, 0.15) is 17.5 Å². The van der Waals surface area contributed by atoms with E-state index in [0.717, 1.165) is 36.5 Å². The molecule has 4 nitrogen and oxygen atoms in total. The van der Waals surface area contributed by atoms with Gasteiger partial charge >= 0.3 is 0 Å². The largest absolute Gasteiger partial charge is 0.373 e. The lowest BCUT2D eigenvalue weighted by atomic mass is 9.80. The number of hydrogen-bond acceptors (Lipinski definition) is 4. The molecule has 2 fully saturated rings. The van der Waals surface area contributed by atoms with Crippen LogP contribution in [0, 0.1) is 11.3 Å². The summed E-state index contributed by atoms with van der Waals surface area (Å²) in [5.74, 6) is 4.45. The van der Waals surface area contributed by atoms with Crippen molar-refractivity contribution in [2.45, 2.75) is 46.0 Å². The Hall–Kier alpha value is -1.32. The van der Waals surface area contributed by atoms with E-state index in [1.165, 1.54) is 19.3 Å². The lowest BCUT2D eigenvalue weighted by molar-refractivity contribution is 0.263. The Morgan fingerprint density at radius 3 is 2.50 bits per heavy atom. The number of rotatable bonds is 3. The van der Waals surface area contributed by atoms with E-state index in [1.807, 2.05) is 7.05 Å². The molecule has 1 atom stereocenters. The van der Waals surface area contributed by atoms with Crippen LogP contribution in [0.15, 0.2) is 6.07 Å². The molecule has 1 aliphatic heterocycles. The molecule has 3 rings (SSSR count). The van der Waals surface area contributed by atoms with Crippen LogP contribution in [0.4, 0.5) is 11.6 Å². The van der Waals surface area contributed by atoms with Gasteiger partial charge in [0, 0.05) is 32.1 Å². The van der Waals surface area contributed by atoms with Crippen molar-refractivity contribution in [1.29, 1.82) is 0 Å². The second-order valence-corrected chi connectivity index (χ2v) is 7.29. The second-order valence-electron chi connectivity index (χ2n) is 7.29. The normalized spacial score (nSPS) is 23.2. The molecule has 0 bridgehead atoms. The van der Waals surface area contributed by atoms with E-state index in [9.17, 15) is 0 Å². The van der Waals surface area contributed by atoms with Crippen LogP contribution in [0.3, 0.4) is 0 Å². The molecule has 0 amide bonds. The number of anilines is 2. The molecule has 1 saturated heterocycles. The zero-order chi connectivity index (χ0) is 14.3. The molecule has 0 radical (unpaired) electrons. The van der Waals surface area contributed by atoms with Crippen molar-refractivity contribution in [3.8, 4) is 0 Å². The summed E-state index contributed by atoms with van der Waals surface area (Å²) in [4.78, 5) is 11.9. The average Bonchev–Trinajstić information content (AvgIpc) is 3.13. The molecule has 110 valence electrons. The Labute approximate surface area is 122 Å². The third-order valence-electron chi connectivity index (χ3n) is 4.67. The first kappa shape index (κ1) is 13.7. The SMILES string of the molecule is CNc1cc(N2CCC(C(C)(C)C)C2)nc(C2CC2)n1. The van der Waals surface area contributed by atoms with Gasteiger partial charge in [-0.2, -0.15) is 0 Å². The van der Waals surface area contributed by atoms with Crippen LogP contribution in [0.2, 0.25) is 0 Å². The van der Waals surface area contributed by atoms with Crippen LogP contribution in [0.25, 0.3) is 0 Å². The van der Waals surface area contributed by atoms with E-state index in [-0.39, 0.29) is 0 Å². The number of nitrogens with one attached hydrogen (secondary N) is 1. The monoisotopic (exact) mass is 274 g/mol. The first-order chi connectivity index (χ1) is 9.47. The smallest absolute Gasteiger partial charge is 0.136 e. The first-order valence-electron chi connectivity index (χ1n) is 7.79. The zero-order valence-corrected chi connectivity index (χ0v) is 13.1. The molecule has 4 heteroatoms. The first-order valence-corrected chi connectivity index (χ1v) is 7.79. The molecule has 2 heterocycles. The lowest BCUT2D eigenvalue weighted by Gasteiger charge is -2.27. The number of aromatic nitrogens is 2. The second kappa shape index (κ2) is 4.90. The highest BCUT2D eigenvalue weighted by Crippen LogP contribution is 2.40. The maximum absolute atomic E-state index is 4.82. The van der Waals surface area contributed by atoms with Crippen LogP contribution < -0.4 is 10.2 Å². The van der Waals surface area contributed by atoms with Crippen molar-refractivity contribution in [3.63, 3.8) is 0 Å². The maximum atomic E-state index is 4.82. The third kappa shape index (κ3) is 2.74. The van der Waals surface area contributed by atoms with Gasteiger partial charge in [0.2, 0.25) is 0 Å². The highest BCUT2D eigenvalue weighted by molar-refractivity contribution is 5.50. The Morgan fingerprint density at radius 2 is 1.95 bits per heavy atom. The fourth-order valence-corrected chi connectivity index (χ4v) is 2.94. The molecule has 0 spiro atoms. The average molecular weight is 274 g/mol. The Balaban J connectivity index is 1.81. The van der Waals surface area contributed by atoms with Crippen LogP contribution in [0.1, 0.15) is 51.8 Å². The van der Waals surface area contributed by atoms with Gasteiger partial charge in [0.05, 0.1) is 0 Å². The van der Waals surface area contributed by atoms with E-state index in [1.54, 1.807) is 0 Å². The molecule has 0 aromatic carbocycles. The molecule has 20 heavy (non-hydrogen) atoms. The highest BCUT2D eigenvalue weighted by Gasteiger charge is 2.33. The Bertz CT molecular complexity index is 488. The van der Waals surface area contributed by atoms with E-state index in [4.69, 9.17) is 4.98 Å². The standard InChI is InChI=1S/C16H26N4/c1-16(2,3)12-7-8-20(10-12)14-9-13(17-4)18-15(19-14)11-5-6-11/h9,11-12H,5-8,10H2,1-4H3,(H,17,18,19). The minimum Gasteiger partial charge on any atom is -0.373 e. The molecule has 1 N–H and O–H groups in total. The molecule has 1 aromatic rings. The topological polar surface area (TPSA) is 41.0 Å². The summed E-state index contributed by atoms with van der Waals surface area (Å²) in [6, 6.07) is 2.09. The molecular weight excluding hydrogens is 248 g/mol. The van der Waals surface area contributed by atoms with Gasteiger partial charge in [-0.05, 0) is 30.6 Å². The summed E-state index contributed by atoms with van der Waals surface area (Å²) in [7, 11) is 1.94. The Kier molecular flexibility index (Phi) is 3.35. The van der Waals surface area contributed by atoms with Gasteiger partial charge < -0.3 is 10.2 Å². The molecule has 2 aliphatic rings. The maximum Gasteiger partial charge on any atom is 0.136 e. The van der Waals surface area contributed by atoms with Crippen LogP contribution >= 0.6 is 0 Å². The molecule has 1 aliphatic carbocycles. The Morgan fingerprint density at radius 1 is 1.20 bits per heavy atom. The minimum absolute atomic E-state index is 0.382. The summed E-state index contributed by atoms with van der Waals surface area (Å²) in [6.07, 6.45) is 3.76. The van der Waals surface area contributed by atoms with Crippen molar-refractivity contribution in [2.24, 2.45) is 11.3 Å². The van der Waals surface area contributed by atoms with Gasteiger partial charge in [0.15, 0.2) is 0 Å². The van der Waals surface area contributed by atoms with Crippen molar-refractivity contribution < 1.29 is 0 Å². The molecule has 1 saturated carbocycles. The minimum atomic E-state index is 0.382. The van der Waals surface area contributed by atoms with E-state index >= 15 is 0 Å². The van der Waals surface area contributed by atoms with Gasteiger partial charge in [-0.15, -0.1) is 0 Å². The summed E-state index contributed by atoms with van der Waals surface area (Å²) in [5.41, 5.74) is 0.382.